The molecule has 1 amide bonds. The van der Waals surface area contributed by atoms with E-state index in [0.717, 1.165) is 27.2 Å². The SMILES string of the molecule is NCC(C(=O)N1Cc2cn(Sc3ccc4ncsc4c3)nc2C1)c1ccccc1. The number of aromatic nitrogens is 3. The summed E-state index contributed by atoms with van der Waals surface area (Å²) in [5, 5.41) is 4.69. The van der Waals surface area contributed by atoms with E-state index in [-0.39, 0.29) is 11.8 Å². The Bertz CT molecular complexity index is 1150. The van der Waals surface area contributed by atoms with Crippen LogP contribution in [0, 0.1) is 0 Å². The first-order chi connectivity index (χ1) is 14.2. The molecule has 1 unspecified atom stereocenters. The third-order valence-corrected chi connectivity index (χ3v) is 6.74. The summed E-state index contributed by atoms with van der Waals surface area (Å²) in [4.78, 5) is 20.3. The van der Waals surface area contributed by atoms with Gasteiger partial charge >= 0.3 is 0 Å². The highest BCUT2D eigenvalue weighted by Gasteiger charge is 2.31. The van der Waals surface area contributed by atoms with Gasteiger partial charge in [0.15, 0.2) is 0 Å². The summed E-state index contributed by atoms with van der Waals surface area (Å²) in [7, 11) is 0. The first-order valence-electron chi connectivity index (χ1n) is 9.34. The second-order valence-corrected chi connectivity index (χ2v) is 8.88. The van der Waals surface area contributed by atoms with Crippen LogP contribution in [0.1, 0.15) is 22.7 Å². The number of hydrogen-bond donors (Lipinski definition) is 1. The van der Waals surface area contributed by atoms with E-state index in [1.165, 1.54) is 4.70 Å². The molecule has 2 aromatic heterocycles. The van der Waals surface area contributed by atoms with E-state index in [0.29, 0.717) is 19.6 Å². The Balaban J connectivity index is 1.29. The molecule has 4 aromatic rings. The molecule has 0 saturated carbocycles. The van der Waals surface area contributed by atoms with Gasteiger partial charge in [0.2, 0.25) is 5.91 Å². The molecule has 0 aliphatic carbocycles. The third kappa shape index (κ3) is 3.55. The van der Waals surface area contributed by atoms with E-state index >= 15 is 0 Å². The van der Waals surface area contributed by atoms with E-state index in [1.54, 1.807) is 23.3 Å². The Kier molecular flexibility index (Phi) is 4.83. The second-order valence-electron chi connectivity index (χ2n) is 6.97. The van der Waals surface area contributed by atoms with Gasteiger partial charge in [0.1, 0.15) is 0 Å². The molecule has 1 aliphatic rings. The quantitative estimate of drug-likeness (QED) is 0.532. The van der Waals surface area contributed by atoms with Gasteiger partial charge in [-0.2, -0.15) is 5.10 Å². The van der Waals surface area contributed by atoms with Gasteiger partial charge < -0.3 is 10.6 Å². The molecule has 0 radical (unpaired) electrons. The van der Waals surface area contributed by atoms with Crippen LogP contribution in [0.4, 0.5) is 0 Å². The fraction of sp³-hybridized carbons (Fsp3) is 0.190. The van der Waals surface area contributed by atoms with E-state index in [4.69, 9.17) is 5.73 Å². The topological polar surface area (TPSA) is 77.0 Å². The van der Waals surface area contributed by atoms with Crippen LogP contribution in [-0.2, 0) is 17.9 Å². The zero-order valence-electron chi connectivity index (χ0n) is 15.6. The van der Waals surface area contributed by atoms with Gasteiger partial charge in [0, 0.05) is 41.7 Å². The van der Waals surface area contributed by atoms with Gasteiger partial charge in [0.05, 0.1) is 33.9 Å². The number of carbonyl (C=O) groups is 1. The van der Waals surface area contributed by atoms with Gasteiger partial charge in [0.25, 0.3) is 0 Å². The number of benzene rings is 2. The minimum atomic E-state index is -0.312. The molecule has 1 aliphatic heterocycles. The molecule has 5 rings (SSSR count). The Morgan fingerprint density at radius 1 is 1.21 bits per heavy atom. The molecular formula is C21H19N5OS2. The van der Waals surface area contributed by atoms with Gasteiger partial charge in [-0.3, -0.25) is 4.79 Å². The van der Waals surface area contributed by atoms with E-state index in [1.807, 2.05) is 57.1 Å². The predicted octanol–water partition coefficient (Wildman–Crippen LogP) is 3.63. The summed E-state index contributed by atoms with van der Waals surface area (Å²) in [6, 6.07) is 16.0. The second kappa shape index (κ2) is 7.62. The number of thiazole rings is 1. The smallest absolute Gasteiger partial charge is 0.232 e. The fourth-order valence-electron chi connectivity index (χ4n) is 3.62. The van der Waals surface area contributed by atoms with Crippen LogP contribution in [0.2, 0.25) is 0 Å². The molecule has 0 spiro atoms. The fourth-order valence-corrected chi connectivity index (χ4v) is 5.24. The largest absolute Gasteiger partial charge is 0.332 e. The zero-order valence-corrected chi connectivity index (χ0v) is 17.2. The van der Waals surface area contributed by atoms with Crippen LogP contribution in [0.15, 0.2) is 65.1 Å². The van der Waals surface area contributed by atoms with Crippen molar-refractivity contribution in [1.82, 2.24) is 19.1 Å². The van der Waals surface area contributed by atoms with Gasteiger partial charge in [-0.05, 0) is 23.8 Å². The van der Waals surface area contributed by atoms with Crippen LogP contribution >= 0.6 is 23.3 Å². The lowest BCUT2D eigenvalue weighted by atomic mass is 9.98. The van der Waals surface area contributed by atoms with Crippen molar-refractivity contribution in [3.63, 3.8) is 0 Å². The molecule has 0 fully saturated rings. The van der Waals surface area contributed by atoms with Crippen molar-refractivity contribution in [3.8, 4) is 0 Å². The average molecular weight is 422 g/mol. The Hall–Kier alpha value is -2.68. The van der Waals surface area contributed by atoms with Gasteiger partial charge in [-0.15, -0.1) is 11.3 Å². The zero-order chi connectivity index (χ0) is 19.8. The molecule has 1 atom stereocenters. The van der Waals surface area contributed by atoms with E-state index in [2.05, 4.69) is 22.2 Å². The normalized spacial score (nSPS) is 14.3. The Morgan fingerprint density at radius 3 is 2.86 bits per heavy atom. The minimum absolute atomic E-state index is 0.0616. The highest BCUT2D eigenvalue weighted by Crippen LogP contribution is 2.30. The van der Waals surface area contributed by atoms with E-state index in [9.17, 15) is 4.79 Å². The molecule has 146 valence electrons. The van der Waals surface area contributed by atoms with Crippen molar-refractivity contribution >= 4 is 39.4 Å². The van der Waals surface area contributed by atoms with Crippen molar-refractivity contribution < 1.29 is 4.79 Å². The van der Waals surface area contributed by atoms with Crippen LogP contribution < -0.4 is 5.73 Å². The van der Waals surface area contributed by atoms with Crippen LogP contribution in [0.25, 0.3) is 10.2 Å². The summed E-state index contributed by atoms with van der Waals surface area (Å²) in [5.74, 6) is -0.251. The number of rotatable bonds is 5. The maximum absolute atomic E-state index is 13.0. The number of fused-ring (bicyclic) bond motifs is 2. The highest BCUT2D eigenvalue weighted by atomic mass is 32.2. The van der Waals surface area contributed by atoms with Crippen LogP contribution in [-0.4, -0.2) is 31.5 Å². The summed E-state index contributed by atoms with van der Waals surface area (Å²) in [6.45, 7) is 1.40. The summed E-state index contributed by atoms with van der Waals surface area (Å²) < 4.78 is 3.05. The van der Waals surface area contributed by atoms with Crippen molar-refractivity contribution in [3.05, 3.63) is 77.1 Å². The first-order valence-corrected chi connectivity index (χ1v) is 11.0. The van der Waals surface area contributed by atoms with Crippen LogP contribution in [0.3, 0.4) is 0 Å². The number of nitrogens with zero attached hydrogens (tertiary/aromatic N) is 4. The lowest BCUT2D eigenvalue weighted by molar-refractivity contribution is -0.133. The van der Waals surface area contributed by atoms with E-state index < -0.39 is 0 Å². The number of hydrogen-bond acceptors (Lipinski definition) is 6. The number of nitrogens with two attached hydrogens (primary N) is 1. The molecule has 29 heavy (non-hydrogen) atoms. The highest BCUT2D eigenvalue weighted by molar-refractivity contribution is 7.97. The van der Waals surface area contributed by atoms with Crippen molar-refractivity contribution in [2.75, 3.05) is 6.54 Å². The summed E-state index contributed by atoms with van der Waals surface area (Å²) in [6.07, 6.45) is 2.02. The van der Waals surface area contributed by atoms with Gasteiger partial charge in [-0.25, -0.2) is 9.07 Å². The van der Waals surface area contributed by atoms with Crippen molar-refractivity contribution in [2.45, 2.75) is 23.9 Å². The first kappa shape index (κ1) is 18.4. The average Bonchev–Trinajstić information content (AvgIpc) is 3.43. The monoisotopic (exact) mass is 421 g/mol. The molecular weight excluding hydrogens is 402 g/mol. The summed E-state index contributed by atoms with van der Waals surface area (Å²) >= 11 is 3.20. The number of amides is 1. The summed E-state index contributed by atoms with van der Waals surface area (Å²) in [5.41, 5.74) is 11.8. The molecule has 0 bridgehead atoms. The molecule has 8 heteroatoms. The maximum Gasteiger partial charge on any atom is 0.232 e. The molecule has 2 aromatic carbocycles. The molecule has 6 nitrogen and oxygen atoms in total. The van der Waals surface area contributed by atoms with Crippen molar-refractivity contribution in [2.24, 2.45) is 5.73 Å². The lowest BCUT2D eigenvalue weighted by Crippen LogP contribution is -2.34. The lowest BCUT2D eigenvalue weighted by Gasteiger charge is -2.22. The standard InChI is InChI=1S/C21H19N5OS2/c22-9-17(14-4-2-1-3-5-14)21(27)25-10-15-11-26(24-19(15)12-25)29-16-6-7-18-20(8-16)28-13-23-18/h1-8,11,13,17H,9-10,12,22H2. The molecule has 3 heterocycles. The van der Waals surface area contributed by atoms with Crippen LogP contribution in [0.5, 0.6) is 0 Å². The third-order valence-electron chi connectivity index (χ3n) is 5.11. The van der Waals surface area contributed by atoms with Crippen molar-refractivity contribution in [1.29, 1.82) is 0 Å². The minimum Gasteiger partial charge on any atom is -0.332 e. The molecule has 2 N–H and O–H groups in total. The van der Waals surface area contributed by atoms with Gasteiger partial charge in [-0.1, -0.05) is 30.3 Å². The Morgan fingerprint density at radius 2 is 2.07 bits per heavy atom. The maximum atomic E-state index is 13.0. The predicted molar refractivity (Wildman–Crippen MR) is 116 cm³/mol. The number of carbonyl (C=O) groups excluding carboxylic acids is 1. The molecule has 0 saturated heterocycles. The Labute approximate surface area is 176 Å².